The molecule has 0 aliphatic carbocycles. The van der Waals surface area contributed by atoms with Crippen molar-refractivity contribution >= 4 is 0 Å². The summed E-state index contributed by atoms with van der Waals surface area (Å²) in [6.45, 7) is 4.26. The molecular weight excluding hydrogens is 468 g/mol. The average Bonchev–Trinajstić information content (AvgIpc) is 2.81. The zero-order valence-corrected chi connectivity index (χ0v) is 19.6. The second-order valence-corrected chi connectivity index (χ2v) is 8.87. The topological polar surface area (TPSA) is 74.2 Å². The Morgan fingerprint density at radius 1 is 0.971 bits per heavy atom. The van der Waals surface area contributed by atoms with Crippen molar-refractivity contribution in [1.82, 2.24) is 10.2 Å². The number of ether oxygens (including phenoxy) is 2. The summed E-state index contributed by atoms with van der Waals surface area (Å²) in [5.74, 6) is -0.762. The van der Waals surface area contributed by atoms with Gasteiger partial charge in [-0.25, -0.2) is 4.39 Å². The Bertz CT molecular complexity index is 919. The minimum Gasteiger partial charge on any atom is -0.491 e. The monoisotopic (exact) mass is 500 g/mol. The molecule has 2 aromatic carbocycles. The molecule has 1 saturated heterocycles. The van der Waals surface area contributed by atoms with E-state index < -0.39 is 29.8 Å². The van der Waals surface area contributed by atoms with Crippen LogP contribution in [0.25, 0.3) is 0 Å². The number of aryl methyl sites for hydroxylation is 1. The van der Waals surface area contributed by atoms with Gasteiger partial charge in [-0.15, -0.1) is 0 Å². The number of piperidine rings is 1. The molecule has 2 aromatic rings. The average molecular weight is 501 g/mol. The number of nitrogens with one attached hydrogen (secondary N) is 1. The maximum atomic E-state index is 13.6. The minimum atomic E-state index is -4.77. The SMILES string of the molecule is Cc1ccc(OC[C@H](O)CNC2CCN(C[C@H](O)COc3ccc(C(F)(F)F)c(F)c3)CC2)cc1. The first-order valence-electron chi connectivity index (χ1n) is 11.6. The third-order valence-corrected chi connectivity index (χ3v) is 5.85. The summed E-state index contributed by atoms with van der Waals surface area (Å²) in [5, 5.41) is 23.7. The van der Waals surface area contributed by atoms with Crippen LogP contribution in [0.5, 0.6) is 11.5 Å². The van der Waals surface area contributed by atoms with Crippen molar-refractivity contribution in [3.8, 4) is 11.5 Å². The fraction of sp³-hybridized carbons (Fsp3) is 0.520. The van der Waals surface area contributed by atoms with Crippen LogP contribution in [-0.2, 0) is 6.18 Å². The molecular formula is C25H32F4N2O4. The maximum Gasteiger partial charge on any atom is 0.419 e. The number of likely N-dealkylation sites (tertiary alicyclic amines) is 1. The van der Waals surface area contributed by atoms with Crippen LogP contribution < -0.4 is 14.8 Å². The highest BCUT2D eigenvalue weighted by atomic mass is 19.4. The van der Waals surface area contributed by atoms with Gasteiger partial charge in [-0.1, -0.05) is 17.7 Å². The number of aliphatic hydroxyl groups excluding tert-OH is 2. The van der Waals surface area contributed by atoms with E-state index in [1.54, 1.807) is 0 Å². The molecule has 1 heterocycles. The van der Waals surface area contributed by atoms with Crippen LogP contribution in [0.2, 0.25) is 0 Å². The Kier molecular flexibility index (Phi) is 9.73. The summed E-state index contributed by atoms with van der Waals surface area (Å²) in [6.07, 6.45) is -4.60. The summed E-state index contributed by atoms with van der Waals surface area (Å²) < 4.78 is 62.4. The number of hydrogen-bond donors (Lipinski definition) is 3. The second kappa shape index (κ2) is 12.5. The fourth-order valence-corrected chi connectivity index (χ4v) is 3.87. The van der Waals surface area contributed by atoms with E-state index in [9.17, 15) is 27.8 Å². The lowest BCUT2D eigenvalue weighted by atomic mass is 10.0. The van der Waals surface area contributed by atoms with Crippen molar-refractivity contribution in [3.63, 3.8) is 0 Å². The Morgan fingerprint density at radius 3 is 2.20 bits per heavy atom. The summed E-state index contributed by atoms with van der Waals surface area (Å²) >= 11 is 0. The third kappa shape index (κ3) is 8.96. The van der Waals surface area contributed by atoms with Crippen LogP contribution in [-0.4, -0.2) is 72.8 Å². The van der Waals surface area contributed by atoms with Crippen LogP contribution in [0.15, 0.2) is 42.5 Å². The minimum absolute atomic E-state index is 0.0672. The maximum absolute atomic E-state index is 13.6. The van der Waals surface area contributed by atoms with Crippen LogP contribution >= 0.6 is 0 Å². The van der Waals surface area contributed by atoms with Gasteiger partial charge < -0.3 is 29.9 Å². The molecule has 1 fully saturated rings. The van der Waals surface area contributed by atoms with E-state index in [1.165, 1.54) is 0 Å². The molecule has 194 valence electrons. The smallest absolute Gasteiger partial charge is 0.419 e. The van der Waals surface area contributed by atoms with Gasteiger partial charge in [0.2, 0.25) is 0 Å². The number of alkyl halides is 3. The van der Waals surface area contributed by atoms with Crippen molar-refractivity contribution in [3.05, 3.63) is 59.4 Å². The van der Waals surface area contributed by atoms with Crippen LogP contribution in [0.1, 0.15) is 24.0 Å². The fourth-order valence-electron chi connectivity index (χ4n) is 3.87. The van der Waals surface area contributed by atoms with E-state index in [1.807, 2.05) is 31.2 Å². The summed E-state index contributed by atoms with van der Waals surface area (Å²) in [4.78, 5) is 2.07. The molecule has 2 atom stereocenters. The van der Waals surface area contributed by atoms with Gasteiger partial charge in [-0.2, -0.15) is 13.2 Å². The van der Waals surface area contributed by atoms with Crippen molar-refractivity contribution < 1.29 is 37.2 Å². The van der Waals surface area contributed by atoms with E-state index in [4.69, 9.17) is 9.47 Å². The molecule has 0 saturated carbocycles. The number of benzene rings is 2. The Hall–Kier alpha value is -2.40. The lowest BCUT2D eigenvalue weighted by molar-refractivity contribution is -0.140. The predicted molar refractivity (Wildman–Crippen MR) is 123 cm³/mol. The molecule has 0 radical (unpaired) electrons. The Morgan fingerprint density at radius 2 is 1.57 bits per heavy atom. The van der Waals surface area contributed by atoms with E-state index in [-0.39, 0.29) is 25.0 Å². The van der Waals surface area contributed by atoms with Gasteiger partial charge >= 0.3 is 6.18 Å². The standard InChI is InChI=1S/C25H32F4N2O4/c1-17-2-4-21(5-3-17)34-15-19(32)13-30-18-8-10-31(11-9-18)14-20(33)16-35-22-6-7-23(24(26)12-22)25(27,28)29/h2-7,12,18-20,30,32-33H,8-11,13-16H2,1H3/t19-,20+/m1/s1. The second-order valence-electron chi connectivity index (χ2n) is 8.87. The van der Waals surface area contributed by atoms with Crippen molar-refractivity contribution in [2.24, 2.45) is 0 Å². The molecule has 6 nitrogen and oxygen atoms in total. The summed E-state index contributed by atoms with van der Waals surface area (Å²) in [7, 11) is 0. The van der Waals surface area contributed by atoms with Crippen LogP contribution in [0, 0.1) is 12.7 Å². The molecule has 0 aromatic heterocycles. The molecule has 3 rings (SSSR count). The van der Waals surface area contributed by atoms with Gasteiger partial charge in [-0.05, 0) is 57.1 Å². The van der Waals surface area contributed by atoms with Crippen LogP contribution in [0.4, 0.5) is 17.6 Å². The van der Waals surface area contributed by atoms with Crippen LogP contribution in [0.3, 0.4) is 0 Å². The normalized spacial score (nSPS) is 17.2. The highest BCUT2D eigenvalue weighted by Gasteiger charge is 2.34. The molecule has 3 N–H and O–H groups in total. The number of aliphatic hydroxyl groups is 2. The largest absolute Gasteiger partial charge is 0.491 e. The first kappa shape index (κ1) is 27.2. The van der Waals surface area contributed by atoms with E-state index in [0.717, 1.165) is 37.6 Å². The molecule has 1 aliphatic heterocycles. The number of β-amino-alcohol motifs (C(OH)–C–C–N with tert-alkyl or cyclic N) is 1. The molecule has 0 spiro atoms. The van der Waals surface area contributed by atoms with Gasteiger partial charge in [-0.3, -0.25) is 0 Å². The van der Waals surface area contributed by atoms with Crippen molar-refractivity contribution in [2.75, 3.05) is 39.4 Å². The van der Waals surface area contributed by atoms with Gasteiger partial charge in [0.1, 0.15) is 42.7 Å². The molecule has 0 bridgehead atoms. The zero-order valence-electron chi connectivity index (χ0n) is 19.6. The number of nitrogens with zero attached hydrogens (tertiary/aromatic N) is 1. The quantitative estimate of drug-likeness (QED) is 0.411. The summed E-state index contributed by atoms with van der Waals surface area (Å²) in [5.41, 5.74) is -0.214. The molecule has 35 heavy (non-hydrogen) atoms. The van der Waals surface area contributed by atoms with E-state index in [0.29, 0.717) is 31.0 Å². The lowest BCUT2D eigenvalue weighted by Crippen LogP contribution is -2.47. The first-order chi connectivity index (χ1) is 16.6. The molecule has 0 unspecified atom stereocenters. The van der Waals surface area contributed by atoms with Crippen molar-refractivity contribution in [2.45, 2.75) is 44.2 Å². The van der Waals surface area contributed by atoms with E-state index >= 15 is 0 Å². The number of hydrogen-bond acceptors (Lipinski definition) is 6. The third-order valence-electron chi connectivity index (χ3n) is 5.85. The highest BCUT2D eigenvalue weighted by Crippen LogP contribution is 2.32. The van der Waals surface area contributed by atoms with E-state index in [2.05, 4.69) is 10.2 Å². The highest BCUT2D eigenvalue weighted by molar-refractivity contribution is 5.30. The number of rotatable bonds is 11. The predicted octanol–water partition coefficient (Wildman–Crippen LogP) is 3.39. The first-order valence-corrected chi connectivity index (χ1v) is 11.6. The Balaban J connectivity index is 1.30. The van der Waals surface area contributed by atoms with Gasteiger partial charge in [0.05, 0.1) is 5.56 Å². The van der Waals surface area contributed by atoms with Crippen molar-refractivity contribution in [1.29, 1.82) is 0 Å². The van der Waals surface area contributed by atoms with Gasteiger partial charge in [0.15, 0.2) is 0 Å². The zero-order chi connectivity index (χ0) is 25.4. The lowest BCUT2D eigenvalue weighted by Gasteiger charge is -2.33. The molecule has 1 aliphatic rings. The summed E-state index contributed by atoms with van der Waals surface area (Å²) in [6, 6.07) is 10.2. The molecule has 0 amide bonds. The van der Waals surface area contributed by atoms with Gasteiger partial charge in [0, 0.05) is 25.2 Å². The van der Waals surface area contributed by atoms with Gasteiger partial charge in [0.25, 0.3) is 0 Å². The molecule has 10 heteroatoms. The number of halogens is 4. The Labute approximate surface area is 202 Å².